The van der Waals surface area contributed by atoms with E-state index in [4.69, 9.17) is 9.40 Å². The van der Waals surface area contributed by atoms with E-state index < -0.39 is 0 Å². The Morgan fingerprint density at radius 1 is 0.871 bits per heavy atom. The van der Waals surface area contributed by atoms with E-state index in [0.717, 1.165) is 44.7 Å². The Bertz CT molecular complexity index is 1410. The van der Waals surface area contributed by atoms with Crippen LogP contribution in [0.5, 0.6) is 0 Å². The van der Waals surface area contributed by atoms with Crippen LogP contribution in [-0.4, -0.2) is 15.9 Å². The van der Waals surface area contributed by atoms with Gasteiger partial charge < -0.3 is 14.7 Å². The van der Waals surface area contributed by atoms with E-state index in [1.807, 2.05) is 55.5 Å². The van der Waals surface area contributed by atoms with E-state index in [-0.39, 0.29) is 5.91 Å². The molecule has 1 amide bonds. The molecule has 0 saturated carbocycles. The normalized spacial score (nSPS) is 11.0. The lowest BCUT2D eigenvalue weighted by Gasteiger charge is -2.08. The fourth-order valence-corrected chi connectivity index (χ4v) is 3.73. The zero-order valence-corrected chi connectivity index (χ0v) is 17.3. The number of aryl methyl sites for hydroxylation is 2. The lowest BCUT2D eigenvalue weighted by atomic mass is 10.0. The first-order valence-electron chi connectivity index (χ1n) is 10.1. The van der Waals surface area contributed by atoms with Gasteiger partial charge in [0, 0.05) is 16.8 Å². The molecule has 0 saturated heterocycles. The molecule has 2 N–H and O–H groups in total. The lowest BCUT2D eigenvalue weighted by molar-refractivity contribution is 0.0996. The van der Waals surface area contributed by atoms with Crippen molar-refractivity contribution in [2.24, 2.45) is 0 Å². The van der Waals surface area contributed by atoms with Gasteiger partial charge in [-0.15, -0.1) is 0 Å². The van der Waals surface area contributed by atoms with Crippen molar-refractivity contribution < 1.29 is 9.21 Å². The maximum atomic E-state index is 12.5. The SMILES string of the molecule is Cc1ccoc1C(=O)Nc1cccc(-c2cccc(-c3nc4c(C)cccc4[nH]3)c2)c1. The van der Waals surface area contributed by atoms with E-state index >= 15 is 0 Å². The number of imidazole rings is 1. The van der Waals surface area contributed by atoms with Gasteiger partial charge in [-0.05, 0) is 60.9 Å². The van der Waals surface area contributed by atoms with Crippen molar-refractivity contribution in [1.82, 2.24) is 9.97 Å². The van der Waals surface area contributed by atoms with Crippen molar-refractivity contribution in [1.29, 1.82) is 0 Å². The summed E-state index contributed by atoms with van der Waals surface area (Å²) < 4.78 is 5.29. The third-order valence-electron chi connectivity index (χ3n) is 5.37. The number of hydrogen-bond donors (Lipinski definition) is 2. The molecule has 5 heteroatoms. The van der Waals surface area contributed by atoms with Crippen LogP contribution in [0.4, 0.5) is 5.69 Å². The molecule has 0 aliphatic heterocycles. The number of H-pyrrole nitrogens is 1. The number of amides is 1. The predicted octanol–water partition coefficient (Wildman–Crippen LogP) is 6.36. The van der Waals surface area contributed by atoms with Crippen molar-refractivity contribution in [3.8, 4) is 22.5 Å². The molecule has 2 aromatic heterocycles. The Morgan fingerprint density at radius 2 is 1.61 bits per heavy atom. The molecule has 5 aromatic rings. The summed E-state index contributed by atoms with van der Waals surface area (Å²) in [5.74, 6) is 0.905. The van der Waals surface area contributed by atoms with Gasteiger partial charge in [0.2, 0.25) is 0 Å². The van der Waals surface area contributed by atoms with Crippen LogP contribution in [-0.2, 0) is 0 Å². The van der Waals surface area contributed by atoms with Crippen LogP contribution in [0, 0.1) is 13.8 Å². The Morgan fingerprint density at radius 3 is 2.39 bits per heavy atom. The molecule has 0 radical (unpaired) electrons. The number of carbonyl (C=O) groups excluding carboxylic acids is 1. The van der Waals surface area contributed by atoms with Gasteiger partial charge in [0.25, 0.3) is 5.91 Å². The van der Waals surface area contributed by atoms with Gasteiger partial charge in [0.1, 0.15) is 5.82 Å². The molecule has 152 valence electrons. The molecular formula is C26H21N3O2. The summed E-state index contributed by atoms with van der Waals surface area (Å²) >= 11 is 0. The van der Waals surface area contributed by atoms with Crippen LogP contribution < -0.4 is 5.32 Å². The second-order valence-corrected chi connectivity index (χ2v) is 7.60. The Hall–Kier alpha value is -4.12. The lowest BCUT2D eigenvalue weighted by Crippen LogP contribution is -2.12. The standard InChI is InChI=1S/C26H21N3O2/c1-16-6-3-11-22-23(16)29-25(28-22)20-9-4-7-18(14-20)19-8-5-10-21(15-19)27-26(30)24-17(2)12-13-31-24/h3-15H,1-2H3,(H,27,30)(H,28,29). The zero-order chi connectivity index (χ0) is 21.4. The number of hydrogen-bond acceptors (Lipinski definition) is 3. The van der Waals surface area contributed by atoms with Gasteiger partial charge >= 0.3 is 0 Å². The molecule has 0 bridgehead atoms. The number of aromatic amines is 1. The fourth-order valence-electron chi connectivity index (χ4n) is 3.73. The zero-order valence-electron chi connectivity index (χ0n) is 17.3. The van der Waals surface area contributed by atoms with Gasteiger partial charge in [0.05, 0.1) is 17.3 Å². The number of fused-ring (bicyclic) bond motifs is 1. The molecule has 2 heterocycles. The fraction of sp³-hybridized carbons (Fsp3) is 0.0769. The number of anilines is 1. The van der Waals surface area contributed by atoms with Gasteiger partial charge in [-0.25, -0.2) is 4.98 Å². The summed E-state index contributed by atoms with van der Waals surface area (Å²) in [6.45, 7) is 3.91. The summed E-state index contributed by atoms with van der Waals surface area (Å²) in [6.07, 6.45) is 1.52. The van der Waals surface area contributed by atoms with Crippen molar-refractivity contribution in [2.75, 3.05) is 5.32 Å². The topological polar surface area (TPSA) is 70.9 Å². The molecule has 0 aliphatic carbocycles. The minimum atomic E-state index is -0.258. The molecule has 0 atom stereocenters. The molecule has 0 aliphatic rings. The van der Waals surface area contributed by atoms with Gasteiger partial charge in [0.15, 0.2) is 5.76 Å². The number of nitrogens with one attached hydrogen (secondary N) is 2. The Labute approximate surface area is 179 Å². The van der Waals surface area contributed by atoms with Crippen molar-refractivity contribution in [3.63, 3.8) is 0 Å². The number of aromatic nitrogens is 2. The van der Waals surface area contributed by atoms with Crippen LogP contribution in [0.15, 0.2) is 83.5 Å². The van der Waals surface area contributed by atoms with E-state index in [1.54, 1.807) is 6.07 Å². The van der Waals surface area contributed by atoms with Crippen molar-refractivity contribution in [2.45, 2.75) is 13.8 Å². The third kappa shape index (κ3) is 3.62. The predicted molar refractivity (Wildman–Crippen MR) is 123 cm³/mol. The molecule has 0 unspecified atom stereocenters. The highest BCUT2D eigenvalue weighted by Crippen LogP contribution is 2.28. The molecule has 5 nitrogen and oxygen atoms in total. The van der Waals surface area contributed by atoms with Crippen LogP contribution in [0.1, 0.15) is 21.7 Å². The monoisotopic (exact) mass is 407 g/mol. The van der Waals surface area contributed by atoms with Crippen LogP contribution in [0.3, 0.4) is 0 Å². The summed E-state index contributed by atoms with van der Waals surface area (Å²) in [6, 6.07) is 23.9. The quantitative estimate of drug-likeness (QED) is 0.364. The minimum Gasteiger partial charge on any atom is -0.459 e. The second-order valence-electron chi connectivity index (χ2n) is 7.60. The number of nitrogens with zero attached hydrogens (tertiary/aromatic N) is 1. The molecule has 0 spiro atoms. The van der Waals surface area contributed by atoms with Gasteiger partial charge in [-0.3, -0.25) is 4.79 Å². The second kappa shape index (κ2) is 7.61. The average Bonchev–Trinajstić information content (AvgIpc) is 3.41. The number of benzene rings is 3. The highest BCUT2D eigenvalue weighted by atomic mass is 16.3. The first-order chi connectivity index (χ1) is 15.1. The number of furan rings is 1. The van der Waals surface area contributed by atoms with Crippen molar-refractivity contribution >= 4 is 22.6 Å². The first kappa shape index (κ1) is 18.9. The molecule has 3 aromatic carbocycles. The van der Waals surface area contributed by atoms with E-state index in [1.165, 1.54) is 6.26 Å². The molecule has 31 heavy (non-hydrogen) atoms. The number of rotatable bonds is 4. The van der Waals surface area contributed by atoms with Gasteiger partial charge in [-0.2, -0.15) is 0 Å². The van der Waals surface area contributed by atoms with Crippen LogP contribution in [0.2, 0.25) is 0 Å². The Kier molecular flexibility index (Phi) is 4.64. The van der Waals surface area contributed by atoms with Crippen molar-refractivity contribution in [3.05, 3.63) is 95.9 Å². The van der Waals surface area contributed by atoms with E-state index in [9.17, 15) is 4.79 Å². The smallest absolute Gasteiger partial charge is 0.291 e. The first-order valence-corrected chi connectivity index (χ1v) is 10.1. The largest absolute Gasteiger partial charge is 0.459 e. The number of para-hydroxylation sites is 1. The highest BCUT2D eigenvalue weighted by molar-refractivity contribution is 6.03. The Balaban J connectivity index is 1.45. The number of carbonyl (C=O) groups is 1. The third-order valence-corrected chi connectivity index (χ3v) is 5.37. The van der Waals surface area contributed by atoms with Gasteiger partial charge in [-0.1, -0.05) is 42.5 Å². The summed E-state index contributed by atoms with van der Waals surface area (Å²) in [5.41, 5.74) is 7.73. The maximum absolute atomic E-state index is 12.5. The minimum absolute atomic E-state index is 0.258. The molecular weight excluding hydrogens is 386 g/mol. The van der Waals surface area contributed by atoms with E-state index in [2.05, 4.69) is 35.4 Å². The summed E-state index contributed by atoms with van der Waals surface area (Å²) in [7, 11) is 0. The van der Waals surface area contributed by atoms with E-state index in [0.29, 0.717) is 11.4 Å². The highest BCUT2D eigenvalue weighted by Gasteiger charge is 2.13. The molecule has 0 fully saturated rings. The van der Waals surface area contributed by atoms with Crippen LogP contribution in [0.25, 0.3) is 33.5 Å². The van der Waals surface area contributed by atoms with Crippen LogP contribution >= 0.6 is 0 Å². The summed E-state index contributed by atoms with van der Waals surface area (Å²) in [4.78, 5) is 20.7. The average molecular weight is 407 g/mol. The summed E-state index contributed by atoms with van der Waals surface area (Å²) in [5, 5.41) is 2.91. The molecule has 5 rings (SSSR count). The maximum Gasteiger partial charge on any atom is 0.291 e.